The van der Waals surface area contributed by atoms with Crippen LogP contribution in [0.3, 0.4) is 0 Å². The fourth-order valence-corrected chi connectivity index (χ4v) is 1.21. The monoisotopic (exact) mass is 226 g/mol. The first kappa shape index (κ1) is 12.7. The summed E-state index contributed by atoms with van der Waals surface area (Å²) in [5, 5.41) is 13.6. The lowest BCUT2D eigenvalue weighted by atomic mass is 9.90. The molecular weight excluding hydrogens is 208 g/mol. The number of hydrogen-bond acceptors (Lipinski definition) is 4. The molecule has 0 aromatic carbocycles. The third-order valence-corrected chi connectivity index (χ3v) is 2.69. The molecule has 1 rings (SSSR count). The molecule has 0 spiro atoms. The Balaban J connectivity index is 2.40. The second-order valence-electron chi connectivity index (χ2n) is 4.62. The van der Waals surface area contributed by atoms with E-state index < -0.39 is 4.92 Å². The highest BCUT2D eigenvalue weighted by Gasteiger charge is 2.15. The van der Waals surface area contributed by atoms with Crippen LogP contribution < -0.4 is 5.32 Å². The van der Waals surface area contributed by atoms with Crippen molar-refractivity contribution in [3.63, 3.8) is 0 Å². The van der Waals surface area contributed by atoms with Crippen LogP contribution in [0.25, 0.3) is 0 Å². The van der Waals surface area contributed by atoms with Gasteiger partial charge in [0.1, 0.15) is 10.7 Å². The molecule has 0 bridgehead atoms. The predicted octanol–water partition coefficient (Wildman–Crippen LogP) is 2.71. The van der Waals surface area contributed by atoms with Crippen LogP contribution in [0.2, 0.25) is 0 Å². The van der Waals surface area contributed by atoms with Gasteiger partial charge in [0.2, 0.25) is 0 Å². The van der Waals surface area contributed by atoms with E-state index in [-0.39, 0.29) is 11.3 Å². The van der Waals surface area contributed by atoms with Crippen LogP contribution in [0.4, 0.5) is 5.88 Å². The summed E-state index contributed by atoms with van der Waals surface area (Å²) in [6, 6.07) is 3.01. The third kappa shape index (κ3) is 3.66. The number of furan rings is 1. The van der Waals surface area contributed by atoms with Gasteiger partial charge in [0.15, 0.2) is 0 Å². The molecule has 0 fully saturated rings. The van der Waals surface area contributed by atoms with E-state index in [4.69, 9.17) is 4.42 Å². The van der Waals surface area contributed by atoms with Crippen LogP contribution in [0.1, 0.15) is 33.0 Å². The van der Waals surface area contributed by atoms with E-state index in [0.717, 1.165) is 13.0 Å². The standard InChI is InChI=1S/C11H18N2O3/c1-4-11(2,3)8-12-7-9-5-6-10(16-9)13(14)15/h5-6,12H,4,7-8H2,1-3H3. The van der Waals surface area contributed by atoms with Gasteiger partial charge in [-0.1, -0.05) is 20.8 Å². The molecule has 1 aromatic rings. The molecule has 90 valence electrons. The van der Waals surface area contributed by atoms with Gasteiger partial charge >= 0.3 is 5.88 Å². The summed E-state index contributed by atoms with van der Waals surface area (Å²) < 4.78 is 5.03. The SMILES string of the molecule is CCC(C)(C)CNCc1ccc([N+](=O)[O-])o1. The summed E-state index contributed by atoms with van der Waals surface area (Å²) in [5.41, 5.74) is 0.235. The highest BCUT2D eigenvalue weighted by Crippen LogP contribution is 2.19. The van der Waals surface area contributed by atoms with Crippen LogP contribution in [0, 0.1) is 15.5 Å². The van der Waals surface area contributed by atoms with Crippen molar-refractivity contribution in [2.75, 3.05) is 6.54 Å². The van der Waals surface area contributed by atoms with Crippen molar-refractivity contribution in [2.24, 2.45) is 5.41 Å². The summed E-state index contributed by atoms with van der Waals surface area (Å²) >= 11 is 0. The number of nitro groups is 1. The average molecular weight is 226 g/mol. The topological polar surface area (TPSA) is 68.3 Å². The second kappa shape index (κ2) is 5.12. The van der Waals surface area contributed by atoms with Crippen molar-refractivity contribution >= 4 is 5.88 Å². The Morgan fingerprint density at radius 3 is 2.69 bits per heavy atom. The van der Waals surface area contributed by atoms with Gasteiger partial charge in [0.05, 0.1) is 12.6 Å². The van der Waals surface area contributed by atoms with E-state index in [1.165, 1.54) is 6.07 Å². The molecule has 0 aliphatic heterocycles. The molecule has 0 unspecified atom stereocenters. The van der Waals surface area contributed by atoms with E-state index in [0.29, 0.717) is 12.3 Å². The molecule has 1 aromatic heterocycles. The Morgan fingerprint density at radius 1 is 1.50 bits per heavy atom. The summed E-state index contributed by atoms with van der Waals surface area (Å²) in [6.45, 7) is 7.86. The molecule has 0 aliphatic rings. The first-order chi connectivity index (χ1) is 7.44. The fourth-order valence-electron chi connectivity index (χ4n) is 1.21. The van der Waals surface area contributed by atoms with E-state index >= 15 is 0 Å². The third-order valence-electron chi connectivity index (χ3n) is 2.69. The van der Waals surface area contributed by atoms with Crippen molar-refractivity contribution in [3.8, 4) is 0 Å². The second-order valence-corrected chi connectivity index (χ2v) is 4.62. The van der Waals surface area contributed by atoms with Gasteiger partial charge in [0.25, 0.3) is 0 Å². The van der Waals surface area contributed by atoms with Gasteiger partial charge in [-0.2, -0.15) is 0 Å². The molecule has 16 heavy (non-hydrogen) atoms. The zero-order chi connectivity index (χ0) is 12.2. The lowest BCUT2D eigenvalue weighted by Gasteiger charge is -2.22. The number of nitrogens with zero attached hydrogens (tertiary/aromatic N) is 1. The van der Waals surface area contributed by atoms with Crippen LogP contribution in [0.15, 0.2) is 16.5 Å². The van der Waals surface area contributed by atoms with Gasteiger partial charge in [-0.3, -0.25) is 10.1 Å². The maximum Gasteiger partial charge on any atom is 0.433 e. The van der Waals surface area contributed by atoms with E-state index in [9.17, 15) is 10.1 Å². The first-order valence-corrected chi connectivity index (χ1v) is 5.38. The zero-order valence-corrected chi connectivity index (χ0v) is 9.95. The Morgan fingerprint density at radius 2 is 2.19 bits per heavy atom. The van der Waals surface area contributed by atoms with Gasteiger partial charge in [0, 0.05) is 6.54 Å². The van der Waals surface area contributed by atoms with E-state index in [1.807, 2.05) is 0 Å². The first-order valence-electron chi connectivity index (χ1n) is 5.38. The van der Waals surface area contributed by atoms with Crippen LogP contribution in [-0.2, 0) is 6.54 Å². The van der Waals surface area contributed by atoms with Crippen LogP contribution in [-0.4, -0.2) is 11.5 Å². The fraction of sp³-hybridized carbons (Fsp3) is 0.636. The van der Waals surface area contributed by atoms with Gasteiger partial charge < -0.3 is 9.73 Å². The lowest BCUT2D eigenvalue weighted by Crippen LogP contribution is -2.28. The van der Waals surface area contributed by atoms with Crippen molar-refractivity contribution in [1.82, 2.24) is 5.32 Å². The normalized spacial score (nSPS) is 11.7. The lowest BCUT2D eigenvalue weighted by molar-refractivity contribution is -0.402. The van der Waals surface area contributed by atoms with Crippen molar-refractivity contribution in [3.05, 3.63) is 28.0 Å². The summed E-state index contributed by atoms with van der Waals surface area (Å²) in [6.07, 6.45) is 1.08. The predicted molar refractivity (Wildman–Crippen MR) is 61.1 cm³/mol. The molecule has 0 amide bonds. The van der Waals surface area contributed by atoms with Crippen LogP contribution in [0.5, 0.6) is 0 Å². The Kier molecular flexibility index (Phi) is 4.06. The van der Waals surface area contributed by atoms with Gasteiger partial charge in [-0.25, -0.2) is 0 Å². The molecule has 0 radical (unpaired) electrons. The minimum Gasteiger partial charge on any atom is -0.404 e. The van der Waals surface area contributed by atoms with Crippen LogP contribution >= 0.6 is 0 Å². The number of nitrogens with one attached hydrogen (secondary N) is 1. The smallest absolute Gasteiger partial charge is 0.404 e. The summed E-state index contributed by atoms with van der Waals surface area (Å²) in [5.74, 6) is 0.394. The van der Waals surface area contributed by atoms with Gasteiger partial charge in [-0.05, 0) is 17.9 Å². The Labute approximate surface area is 95.0 Å². The molecule has 5 nitrogen and oxygen atoms in total. The minimum absolute atomic E-state index is 0.202. The average Bonchev–Trinajstić information content (AvgIpc) is 2.66. The van der Waals surface area contributed by atoms with Gasteiger partial charge in [-0.15, -0.1) is 0 Å². The molecule has 0 saturated carbocycles. The zero-order valence-electron chi connectivity index (χ0n) is 9.95. The molecule has 1 heterocycles. The highest BCUT2D eigenvalue weighted by molar-refractivity contribution is 5.17. The number of rotatable bonds is 6. The maximum absolute atomic E-state index is 10.4. The molecule has 0 aliphatic carbocycles. The van der Waals surface area contributed by atoms with E-state index in [2.05, 4.69) is 26.1 Å². The van der Waals surface area contributed by atoms with Crippen molar-refractivity contribution in [1.29, 1.82) is 0 Å². The molecule has 0 atom stereocenters. The molecule has 5 heteroatoms. The van der Waals surface area contributed by atoms with Crippen molar-refractivity contribution < 1.29 is 9.34 Å². The number of hydrogen-bond donors (Lipinski definition) is 1. The summed E-state index contributed by atoms with van der Waals surface area (Å²) in [7, 11) is 0. The minimum atomic E-state index is -0.528. The summed E-state index contributed by atoms with van der Waals surface area (Å²) in [4.78, 5) is 9.86. The maximum atomic E-state index is 10.4. The Bertz CT molecular complexity index is 358. The van der Waals surface area contributed by atoms with E-state index in [1.54, 1.807) is 6.07 Å². The highest BCUT2D eigenvalue weighted by atomic mass is 16.6. The molecule has 0 saturated heterocycles. The Hall–Kier alpha value is -1.36. The van der Waals surface area contributed by atoms with Crippen molar-refractivity contribution in [2.45, 2.75) is 33.7 Å². The quantitative estimate of drug-likeness (QED) is 0.598. The largest absolute Gasteiger partial charge is 0.433 e. The molecule has 1 N–H and O–H groups in total. The molecular formula is C11H18N2O3.